The van der Waals surface area contributed by atoms with Crippen molar-refractivity contribution in [1.82, 2.24) is 4.57 Å². The van der Waals surface area contributed by atoms with Gasteiger partial charge >= 0.3 is 0 Å². The molecular formula is C14H13ClNO3Y-. The van der Waals surface area contributed by atoms with Crippen LogP contribution in [-0.4, -0.2) is 18.5 Å². The van der Waals surface area contributed by atoms with Crippen molar-refractivity contribution in [2.24, 2.45) is 7.05 Å². The molecule has 20 heavy (non-hydrogen) atoms. The SMILES string of the molecule is COCOc1ccc(-c2[c-]cc(Cl)c(=O)n2C)cc1.[Y]. The molecule has 0 saturated carbocycles. The van der Waals surface area contributed by atoms with Crippen LogP contribution >= 0.6 is 11.6 Å². The van der Waals surface area contributed by atoms with Crippen molar-refractivity contribution >= 4 is 11.6 Å². The average Bonchev–Trinajstić information content (AvgIpc) is 2.44. The maximum Gasteiger partial charge on any atom is 0.212 e. The van der Waals surface area contributed by atoms with Gasteiger partial charge in [-0.3, -0.25) is 4.79 Å². The maximum absolute atomic E-state index is 11.7. The molecule has 0 atom stereocenters. The molecule has 0 fully saturated rings. The molecule has 2 rings (SSSR count). The molecule has 4 nitrogen and oxygen atoms in total. The second kappa shape index (κ2) is 7.94. The van der Waals surface area contributed by atoms with Crippen molar-refractivity contribution in [3.05, 3.63) is 51.8 Å². The van der Waals surface area contributed by atoms with E-state index in [0.717, 1.165) is 5.56 Å². The Morgan fingerprint density at radius 3 is 2.55 bits per heavy atom. The summed E-state index contributed by atoms with van der Waals surface area (Å²) in [5, 5.41) is 0.159. The van der Waals surface area contributed by atoms with Crippen LogP contribution in [0.1, 0.15) is 0 Å². The fourth-order valence-electron chi connectivity index (χ4n) is 1.67. The van der Waals surface area contributed by atoms with Crippen molar-refractivity contribution in [2.45, 2.75) is 0 Å². The van der Waals surface area contributed by atoms with Crippen molar-refractivity contribution in [3.63, 3.8) is 0 Å². The molecule has 0 spiro atoms. The van der Waals surface area contributed by atoms with E-state index in [9.17, 15) is 4.79 Å². The summed E-state index contributed by atoms with van der Waals surface area (Å²) in [4.78, 5) is 11.7. The Hall–Kier alpha value is -0.676. The predicted octanol–water partition coefficient (Wildman–Crippen LogP) is 2.49. The topological polar surface area (TPSA) is 40.5 Å². The minimum Gasteiger partial charge on any atom is -0.468 e. The minimum absolute atomic E-state index is 0. The van der Waals surface area contributed by atoms with Crippen LogP contribution in [0.3, 0.4) is 0 Å². The fraction of sp³-hybridized carbons (Fsp3) is 0.214. The molecule has 2 aromatic rings. The summed E-state index contributed by atoms with van der Waals surface area (Å²) in [7, 11) is 3.22. The molecule has 1 aromatic carbocycles. The molecule has 103 valence electrons. The number of nitrogens with zero attached hydrogens (tertiary/aromatic N) is 1. The van der Waals surface area contributed by atoms with Crippen LogP contribution in [0.25, 0.3) is 11.3 Å². The zero-order valence-corrected chi connectivity index (χ0v) is 14.8. The predicted molar refractivity (Wildman–Crippen MR) is 73.5 cm³/mol. The maximum atomic E-state index is 11.7. The van der Waals surface area contributed by atoms with Gasteiger partial charge < -0.3 is 14.0 Å². The van der Waals surface area contributed by atoms with E-state index in [1.54, 1.807) is 26.3 Å². The summed E-state index contributed by atoms with van der Waals surface area (Å²) in [6, 6.07) is 11.8. The first-order valence-corrected chi connectivity index (χ1v) is 6.00. The molecular weight excluding hydrogens is 355 g/mol. The second-order valence-electron chi connectivity index (χ2n) is 3.92. The molecule has 1 heterocycles. The number of hydrogen-bond donors (Lipinski definition) is 0. The van der Waals surface area contributed by atoms with Crippen LogP contribution in [0, 0.1) is 6.07 Å². The second-order valence-corrected chi connectivity index (χ2v) is 4.33. The number of hydrogen-bond acceptors (Lipinski definition) is 3. The number of aromatic nitrogens is 1. The Balaban J connectivity index is 0.00000200. The minimum atomic E-state index is -0.241. The third-order valence-electron chi connectivity index (χ3n) is 2.65. The van der Waals surface area contributed by atoms with Crippen LogP contribution in [-0.2, 0) is 44.5 Å². The number of benzene rings is 1. The van der Waals surface area contributed by atoms with Crippen LogP contribution in [0.4, 0.5) is 0 Å². The van der Waals surface area contributed by atoms with Gasteiger partial charge in [0.25, 0.3) is 0 Å². The van der Waals surface area contributed by atoms with Crippen molar-refractivity contribution < 1.29 is 42.2 Å². The summed E-state index contributed by atoms with van der Waals surface area (Å²) < 4.78 is 11.6. The van der Waals surface area contributed by atoms with Crippen LogP contribution in [0.2, 0.25) is 5.02 Å². The Bertz CT molecular complexity index is 625. The number of halogens is 1. The summed E-state index contributed by atoms with van der Waals surface area (Å²) in [5.41, 5.74) is 1.30. The third kappa shape index (κ3) is 3.92. The van der Waals surface area contributed by atoms with Crippen LogP contribution in [0.15, 0.2) is 35.1 Å². The zero-order valence-electron chi connectivity index (χ0n) is 11.2. The van der Waals surface area contributed by atoms with E-state index in [2.05, 4.69) is 6.07 Å². The van der Waals surface area contributed by atoms with Crippen LogP contribution in [0.5, 0.6) is 5.75 Å². The average molecular weight is 368 g/mol. The number of methoxy groups -OCH3 is 1. The first-order valence-electron chi connectivity index (χ1n) is 5.63. The Morgan fingerprint density at radius 2 is 1.95 bits per heavy atom. The first-order chi connectivity index (χ1) is 9.13. The van der Waals surface area contributed by atoms with Crippen molar-refractivity contribution in [3.8, 4) is 17.0 Å². The van der Waals surface area contributed by atoms with Gasteiger partial charge in [0.1, 0.15) is 5.75 Å². The van der Waals surface area contributed by atoms with Gasteiger partial charge in [0, 0.05) is 51.9 Å². The largest absolute Gasteiger partial charge is 0.468 e. The summed E-state index contributed by atoms with van der Waals surface area (Å²) >= 11 is 5.76. The van der Waals surface area contributed by atoms with Crippen molar-refractivity contribution in [2.75, 3.05) is 13.9 Å². The molecule has 0 aliphatic rings. The van der Waals surface area contributed by atoms with Crippen molar-refractivity contribution in [1.29, 1.82) is 0 Å². The molecule has 0 aliphatic heterocycles. The van der Waals surface area contributed by atoms with E-state index in [1.807, 2.05) is 12.1 Å². The monoisotopic (exact) mass is 367 g/mol. The van der Waals surface area contributed by atoms with Crippen LogP contribution < -0.4 is 10.3 Å². The molecule has 1 radical (unpaired) electrons. The van der Waals surface area contributed by atoms with Gasteiger partial charge in [0.05, 0.1) is 0 Å². The van der Waals surface area contributed by atoms with Gasteiger partial charge in [-0.2, -0.15) is 23.7 Å². The molecule has 0 unspecified atom stereocenters. The zero-order chi connectivity index (χ0) is 13.8. The number of pyridine rings is 1. The molecule has 1 aromatic heterocycles. The summed E-state index contributed by atoms with van der Waals surface area (Å²) in [6.45, 7) is 0.199. The van der Waals surface area contributed by atoms with E-state index in [4.69, 9.17) is 21.1 Å². The molecule has 0 amide bonds. The first kappa shape index (κ1) is 17.4. The molecule has 0 N–H and O–H groups in total. The normalized spacial score (nSPS) is 9.95. The van der Waals surface area contributed by atoms with E-state index >= 15 is 0 Å². The molecule has 0 saturated heterocycles. The Morgan fingerprint density at radius 1 is 1.30 bits per heavy atom. The summed E-state index contributed by atoms with van der Waals surface area (Å²) in [5.74, 6) is 0.699. The Labute approximate surface area is 147 Å². The van der Waals surface area contributed by atoms with Gasteiger partial charge in [-0.1, -0.05) is 11.3 Å². The Kier molecular flexibility index (Phi) is 6.89. The van der Waals surface area contributed by atoms with E-state index in [0.29, 0.717) is 11.4 Å². The molecule has 0 bridgehead atoms. The van der Waals surface area contributed by atoms with E-state index in [1.165, 1.54) is 10.6 Å². The molecule has 0 aliphatic carbocycles. The van der Waals surface area contributed by atoms with Gasteiger partial charge in [-0.15, -0.1) is 12.1 Å². The molecule has 6 heteroatoms. The summed E-state index contributed by atoms with van der Waals surface area (Å²) in [6.07, 6.45) is 0. The number of ether oxygens (including phenoxy) is 2. The quantitative estimate of drug-likeness (QED) is 0.616. The van der Waals surface area contributed by atoms with Gasteiger partial charge in [-0.05, 0) is 12.1 Å². The van der Waals surface area contributed by atoms with E-state index < -0.39 is 0 Å². The van der Waals surface area contributed by atoms with Gasteiger partial charge in [-0.25, -0.2) is 0 Å². The smallest absolute Gasteiger partial charge is 0.212 e. The standard InChI is InChI=1S/C14H13ClNO3.Y/c1-16-13(8-7-12(15)14(16)17)10-3-5-11(6-4-10)19-9-18-2;/h3-7H,9H2,1-2H3;/q-1;. The third-order valence-corrected chi connectivity index (χ3v) is 2.92. The fourth-order valence-corrected chi connectivity index (χ4v) is 1.85. The van der Waals surface area contributed by atoms with E-state index in [-0.39, 0.29) is 50.1 Å². The number of rotatable bonds is 4. The van der Waals surface area contributed by atoms with Gasteiger partial charge in [0.15, 0.2) is 6.79 Å². The van der Waals surface area contributed by atoms with Gasteiger partial charge in [0.2, 0.25) is 5.56 Å².